The summed E-state index contributed by atoms with van der Waals surface area (Å²) in [4.78, 5) is 2.13. The molecule has 1 aromatic heterocycles. The molecular formula is C13H12BrF3N2O. The summed E-state index contributed by atoms with van der Waals surface area (Å²) < 4.78 is 44.2. The van der Waals surface area contributed by atoms with Gasteiger partial charge in [-0.25, -0.2) is 0 Å². The minimum Gasteiger partial charge on any atom is -0.462 e. The van der Waals surface area contributed by atoms with E-state index < -0.39 is 11.7 Å². The van der Waals surface area contributed by atoms with Gasteiger partial charge in [-0.05, 0) is 18.2 Å². The lowest BCUT2D eigenvalue weighted by atomic mass is 10.1. The van der Waals surface area contributed by atoms with Crippen LogP contribution in [0.5, 0.6) is 0 Å². The molecule has 108 valence electrons. The molecule has 1 aliphatic heterocycles. The molecule has 1 fully saturated rings. The summed E-state index contributed by atoms with van der Waals surface area (Å²) in [5.41, 5.74) is 0.334. The van der Waals surface area contributed by atoms with Gasteiger partial charge < -0.3 is 14.6 Å². The fourth-order valence-corrected chi connectivity index (χ4v) is 3.05. The van der Waals surface area contributed by atoms with Gasteiger partial charge in [0.1, 0.15) is 0 Å². The second-order valence-electron chi connectivity index (χ2n) is 4.66. The first kappa shape index (κ1) is 13.8. The molecule has 2 aromatic rings. The Labute approximate surface area is 121 Å². The zero-order valence-electron chi connectivity index (χ0n) is 10.4. The van der Waals surface area contributed by atoms with Crippen molar-refractivity contribution in [3.05, 3.63) is 30.0 Å². The average molecular weight is 349 g/mol. The van der Waals surface area contributed by atoms with E-state index in [-0.39, 0.29) is 10.3 Å². The number of hydrogen-bond acceptors (Lipinski definition) is 3. The Hall–Kier alpha value is -1.21. The van der Waals surface area contributed by atoms with Crippen molar-refractivity contribution >= 4 is 32.6 Å². The van der Waals surface area contributed by atoms with E-state index in [1.165, 1.54) is 18.4 Å². The van der Waals surface area contributed by atoms with Gasteiger partial charge in [0.05, 0.1) is 22.5 Å². The fraction of sp³-hybridized carbons (Fsp3) is 0.385. The van der Waals surface area contributed by atoms with Crippen molar-refractivity contribution in [3.8, 4) is 0 Å². The van der Waals surface area contributed by atoms with Crippen LogP contribution in [0, 0.1) is 0 Å². The number of fused-ring (bicyclic) bond motifs is 1. The first-order valence-corrected chi connectivity index (χ1v) is 7.08. The van der Waals surface area contributed by atoms with E-state index in [0.29, 0.717) is 17.8 Å². The molecule has 3 nitrogen and oxygen atoms in total. The first-order chi connectivity index (χ1) is 9.47. The smallest absolute Gasteiger partial charge is 0.417 e. The fourth-order valence-electron chi connectivity index (χ4n) is 2.47. The van der Waals surface area contributed by atoms with Gasteiger partial charge in [0.15, 0.2) is 5.58 Å². The van der Waals surface area contributed by atoms with E-state index >= 15 is 0 Å². The predicted octanol–water partition coefficient (Wildman–Crippen LogP) is 3.58. The maximum absolute atomic E-state index is 13.0. The Balaban J connectivity index is 2.07. The summed E-state index contributed by atoms with van der Waals surface area (Å²) in [6.45, 7) is 2.16. The molecule has 3 rings (SSSR count). The van der Waals surface area contributed by atoms with Gasteiger partial charge in [-0.2, -0.15) is 13.2 Å². The van der Waals surface area contributed by atoms with Gasteiger partial charge in [-0.15, -0.1) is 0 Å². The van der Waals surface area contributed by atoms with E-state index in [2.05, 4.69) is 21.2 Å². The molecule has 20 heavy (non-hydrogen) atoms. The number of nitrogens with one attached hydrogen (secondary N) is 1. The third-order valence-corrected chi connectivity index (χ3v) is 3.98. The second kappa shape index (κ2) is 4.96. The highest BCUT2D eigenvalue weighted by Gasteiger charge is 2.34. The molecule has 0 unspecified atom stereocenters. The van der Waals surface area contributed by atoms with E-state index in [1.54, 1.807) is 0 Å². The van der Waals surface area contributed by atoms with Crippen molar-refractivity contribution in [2.45, 2.75) is 11.1 Å². The molecule has 1 N–H and O–H groups in total. The maximum atomic E-state index is 13.0. The van der Waals surface area contributed by atoms with E-state index in [9.17, 15) is 13.2 Å². The number of halogens is 4. The molecule has 1 saturated heterocycles. The lowest BCUT2D eigenvalue weighted by Gasteiger charge is -2.32. The van der Waals surface area contributed by atoms with Crippen molar-refractivity contribution in [3.63, 3.8) is 0 Å². The van der Waals surface area contributed by atoms with E-state index in [1.807, 2.05) is 4.90 Å². The van der Waals surface area contributed by atoms with Crippen LogP contribution < -0.4 is 10.2 Å². The third kappa shape index (κ3) is 2.40. The van der Waals surface area contributed by atoms with Crippen LogP contribution in [-0.4, -0.2) is 24.6 Å². The van der Waals surface area contributed by atoms with Crippen LogP contribution >= 0.6 is 15.9 Å². The number of furan rings is 1. The Morgan fingerprint density at radius 3 is 2.80 bits per heavy atom. The van der Waals surface area contributed by atoms with Gasteiger partial charge in [-0.1, -0.05) is 15.9 Å². The SMILES string of the molecule is FC(F)(F)c1ccc(N2CCN[C@@H](Br)C2)c2occc12. The van der Waals surface area contributed by atoms with E-state index in [4.69, 9.17) is 4.42 Å². The van der Waals surface area contributed by atoms with Crippen molar-refractivity contribution in [2.75, 3.05) is 24.5 Å². The van der Waals surface area contributed by atoms with E-state index in [0.717, 1.165) is 19.2 Å². The Morgan fingerprint density at radius 1 is 1.30 bits per heavy atom. The van der Waals surface area contributed by atoms with Gasteiger partial charge in [0, 0.05) is 25.0 Å². The Kier molecular flexibility index (Phi) is 3.41. The number of benzene rings is 1. The number of rotatable bonds is 1. The molecule has 0 spiro atoms. The van der Waals surface area contributed by atoms with Gasteiger partial charge in [-0.3, -0.25) is 0 Å². The van der Waals surface area contributed by atoms with Gasteiger partial charge in [0.2, 0.25) is 0 Å². The number of piperazine rings is 1. The largest absolute Gasteiger partial charge is 0.462 e. The van der Waals surface area contributed by atoms with Crippen LogP contribution in [0.2, 0.25) is 0 Å². The molecule has 1 aliphatic rings. The zero-order chi connectivity index (χ0) is 14.3. The molecule has 1 aromatic carbocycles. The molecule has 0 bridgehead atoms. The lowest BCUT2D eigenvalue weighted by molar-refractivity contribution is -0.136. The van der Waals surface area contributed by atoms with Crippen LogP contribution in [0.25, 0.3) is 11.0 Å². The van der Waals surface area contributed by atoms with Crippen LogP contribution in [0.15, 0.2) is 28.9 Å². The normalized spacial score (nSPS) is 20.6. The first-order valence-electron chi connectivity index (χ1n) is 6.16. The molecule has 0 aliphatic carbocycles. The van der Waals surface area contributed by atoms with Crippen molar-refractivity contribution < 1.29 is 17.6 Å². The minimum absolute atomic E-state index is 0.111. The summed E-state index contributed by atoms with van der Waals surface area (Å²) >= 11 is 3.46. The highest BCUT2D eigenvalue weighted by Crippen LogP contribution is 2.39. The van der Waals surface area contributed by atoms with Crippen LogP contribution in [0.1, 0.15) is 5.56 Å². The minimum atomic E-state index is -4.37. The summed E-state index contributed by atoms with van der Waals surface area (Å²) in [7, 11) is 0. The second-order valence-corrected chi connectivity index (χ2v) is 5.77. The maximum Gasteiger partial charge on any atom is 0.417 e. The molecular weight excluding hydrogens is 337 g/mol. The number of anilines is 1. The molecule has 2 heterocycles. The number of hydrogen-bond donors (Lipinski definition) is 1. The zero-order valence-corrected chi connectivity index (χ0v) is 12.0. The molecule has 0 amide bonds. The number of nitrogens with zero attached hydrogens (tertiary/aromatic N) is 1. The van der Waals surface area contributed by atoms with Crippen molar-refractivity contribution in [1.82, 2.24) is 5.32 Å². The lowest BCUT2D eigenvalue weighted by Crippen LogP contribution is -2.48. The Morgan fingerprint density at radius 2 is 2.10 bits per heavy atom. The highest BCUT2D eigenvalue weighted by molar-refractivity contribution is 9.09. The topological polar surface area (TPSA) is 28.4 Å². The van der Waals surface area contributed by atoms with Gasteiger partial charge >= 0.3 is 6.18 Å². The summed E-state index contributed by atoms with van der Waals surface area (Å²) in [5, 5.41) is 3.33. The predicted molar refractivity (Wildman–Crippen MR) is 74.1 cm³/mol. The van der Waals surface area contributed by atoms with Crippen molar-refractivity contribution in [1.29, 1.82) is 0 Å². The standard InChI is InChI=1S/C13H12BrF3N2O/c14-11-7-19(5-4-18-11)10-2-1-9(13(15,16)17)8-3-6-20-12(8)10/h1-3,6,11,18H,4-5,7H2/t11-/m1/s1. The van der Waals surface area contributed by atoms with Crippen LogP contribution in [-0.2, 0) is 6.18 Å². The molecule has 1 atom stereocenters. The third-order valence-electron chi connectivity index (χ3n) is 3.37. The molecule has 0 saturated carbocycles. The van der Waals surface area contributed by atoms with Gasteiger partial charge in [0.25, 0.3) is 0 Å². The Bertz CT molecular complexity index is 626. The quantitative estimate of drug-likeness (QED) is 0.630. The summed E-state index contributed by atoms with van der Waals surface area (Å²) in [6.07, 6.45) is -3.07. The number of alkyl halides is 4. The van der Waals surface area contributed by atoms with Crippen LogP contribution in [0.4, 0.5) is 18.9 Å². The molecule has 7 heteroatoms. The highest BCUT2D eigenvalue weighted by atomic mass is 79.9. The summed E-state index contributed by atoms with van der Waals surface area (Å²) in [6, 6.07) is 3.98. The average Bonchev–Trinajstić information content (AvgIpc) is 2.85. The van der Waals surface area contributed by atoms with Crippen LogP contribution in [0.3, 0.4) is 0 Å². The monoisotopic (exact) mass is 348 g/mol. The van der Waals surface area contributed by atoms with Crippen molar-refractivity contribution in [2.24, 2.45) is 0 Å². The molecule has 0 radical (unpaired) electrons. The summed E-state index contributed by atoms with van der Waals surface area (Å²) in [5.74, 6) is 0.